The van der Waals surface area contributed by atoms with Crippen LogP contribution in [0.2, 0.25) is 0 Å². The van der Waals surface area contributed by atoms with E-state index in [9.17, 15) is 109 Å². The van der Waals surface area contributed by atoms with Gasteiger partial charge in [-0.15, -0.1) is 32.9 Å². The summed E-state index contributed by atoms with van der Waals surface area (Å²) < 4.78 is 96.2. The molecule has 139 heavy (non-hydrogen) atoms. The zero-order chi connectivity index (χ0) is 104. The summed E-state index contributed by atoms with van der Waals surface area (Å²) in [5.41, 5.74) is 10.4. The smallest absolute Gasteiger partial charge is 0.471 e. The second kappa shape index (κ2) is 42.5. The van der Waals surface area contributed by atoms with Gasteiger partial charge in [-0.1, -0.05) is 94.6 Å². The number of ether oxygens (including phenoxy) is 4. The van der Waals surface area contributed by atoms with Crippen LogP contribution in [0.4, 0.5) is 45.5 Å². The molecule has 20 atom stereocenters. The maximum Gasteiger partial charge on any atom is 0.471 e. The number of carbonyl (C=O) groups excluding carboxylic acids is 13. The molecule has 10 saturated carbocycles. The van der Waals surface area contributed by atoms with Gasteiger partial charge in [0.15, 0.2) is 0 Å². The molecule has 2 unspecified atom stereocenters. The van der Waals surface area contributed by atoms with Crippen molar-refractivity contribution in [2.24, 2.45) is 73.9 Å². The number of likely N-dealkylation sites (tertiary alicyclic amines) is 5. The maximum atomic E-state index is 13.5. The minimum absolute atomic E-state index is 0.0220. The Hall–Kier alpha value is -11.0. The lowest BCUT2D eigenvalue weighted by Gasteiger charge is -2.38. The summed E-state index contributed by atoms with van der Waals surface area (Å²) in [7, 11) is 0. The summed E-state index contributed by atoms with van der Waals surface area (Å²) in [5, 5.41) is 40.9. The summed E-state index contributed by atoms with van der Waals surface area (Å²) in [6.45, 7) is 40.6. The lowest BCUT2D eigenvalue weighted by molar-refractivity contribution is -0.187. The van der Waals surface area contributed by atoms with Gasteiger partial charge < -0.3 is 92.3 Å². The molecule has 34 nitrogen and oxygen atoms in total. The largest absolute Gasteiger partial charge is 0.480 e. The first-order valence-electron chi connectivity index (χ1n) is 48.7. The Balaban J connectivity index is 0.000000174. The Morgan fingerprint density at radius 1 is 0.338 bits per heavy atom. The van der Waals surface area contributed by atoms with Crippen molar-refractivity contribution in [1.82, 2.24) is 51.1 Å². The molecule has 0 spiro atoms. The molecule has 0 aromatic rings. The number of carbonyl (C=O) groups is 14. The number of fused-ring (bicyclic) bond motifs is 5. The van der Waals surface area contributed by atoms with E-state index >= 15 is 0 Å². The van der Waals surface area contributed by atoms with Crippen LogP contribution in [0, 0.1) is 79.3 Å². The van der Waals surface area contributed by atoms with Crippen LogP contribution < -0.4 is 43.8 Å². The van der Waals surface area contributed by atoms with E-state index in [0.29, 0.717) is 61.2 Å². The van der Waals surface area contributed by atoms with Crippen LogP contribution in [0.3, 0.4) is 0 Å². The summed E-state index contributed by atoms with van der Waals surface area (Å²) in [5.74, 6) is -6.77. The van der Waals surface area contributed by atoms with E-state index in [-0.39, 0.29) is 60.1 Å². The van der Waals surface area contributed by atoms with Gasteiger partial charge in [-0.25, -0.2) is 24.0 Å². The molecule has 5 heterocycles. The summed E-state index contributed by atoms with van der Waals surface area (Å²) in [6, 6.07) is -3.87. The zero-order valence-corrected chi connectivity index (χ0v) is 82.1. The molecule has 5 aliphatic heterocycles. The SMILES string of the molecule is C=CC1(C(NC(=O)OC(C)(C)C)C(=O)N2[C@H](C(N)=O)C[C@@H]3C[C@@H]32)CCCC1.C=CC1(C(NC(=O)OC(C)(C)C)C(=O)O)CCCC1.C=CC1([C@H](NC(=O)C(F)(F)F)C(=O)N2[C@H](C#N)C[C@@H]3C[C@@H]32)CCCC1.C=CC1([C@H](NC(=O)OC(C)(C)C)C(=O)N2[C@H](C#N)C[C@@H]3C[C@@H]32)CCCC1.C=CC1([C@H](NC(=O)OC(C)(C)C)C(=O)N2[C@H](C(N)=O)C[C@@H]3C[C@@H]32)CCCC1.NC(=O)[C@@H]1C[C@@H]2C[C@@H]2N1C(=O)C(F)(F)F. The highest BCUT2D eigenvalue weighted by Gasteiger charge is 2.65. The molecule has 13 amide bonds. The predicted molar refractivity (Wildman–Crippen MR) is 494 cm³/mol. The summed E-state index contributed by atoms with van der Waals surface area (Å²) in [6.07, 6.45) is 19.3. The number of amides is 13. The van der Waals surface area contributed by atoms with E-state index in [4.69, 9.17) is 36.1 Å². The third-order valence-corrected chi connectivity index (χ3v) is 30.3. The minimum atomic E-state index is -5.07. The van der Waals surface area contributed by atoms with E-state index in [1.54, 1.807) is 116 Å². The number of rotatable bonds is 23. The summed E-state index contributed by atoms with van der Waals surface area (Å²) in [4.78, 5) is 178. The average molecular weight is 1960 g/mol. The Labute approximate surface area is 809 Å². The molecule has 15 rings (SSSR count). The fourth-order valence-electron chi connectivity index (χ4n) is 23.0. The van der Waals surface area contributed by atoms with Crippen LogP contribution in [-0.2, 0) is 66.9 Å². The van der Waals surface area contributed by atoms with Crippen molar-refractivity contribution in [2.75, 3.05) is 0 Å². The number of alkyl halides is 6. The van der Waals surface area contributed by atoms with Gasteiger partial charge in [-0.3, -0.25) is 43.2 Å². The number of nitrogens with one attached hydrogen (secondary N) is 5. The quantitative estimate of drug-likeness (QED) is 0.0261. The number of halogens is 6. The number of alkyl carbamates (subject to hydrolysis) is 4. The van der Waals surface area contributed by atoms with Crippen LogP contribution in [-0.4, -0.2) is 238 Å². The van der Waals surface area contributed by atoms with E-state index in [0.717, 1.165) is 148 Å². The van der Waals surface area contributed by atoms with Crippen molar-refractivity contribution in [1.29, 1.82) is 10.5 Å². The fourth-order valence-corrected chi connectivity index (χ4v) is 23.0. The summed E-state index contributed by atoms with van der Waals surface area (Å²) >= 11 is 0. The van der Waals surface area contributed by atoms with E-state index < -0.39 is 194 Å². The van der Waals surface area contributed by atoms with Crippen molar-refractivity contribution in [3.63, 3.8) is 0 Å². The molecular formula is C99H143F6N15O19. The lowest BCUT2D eigenvalue weighted by atomic mass is 9.77. The molecule has 10 aliphatic carbocycles. The number of carboxylic acids is 1. The van der Waals surface area contributed by atoms with Gasteiger partial charge in [0.1, 0.15) is 82.8 Å². The van der Waals surface area contributed by atoms with Gasteiger partial charge in [0.05, 0.1) is 12.1 Å². The Bertz CT molecular complexity index is 4650. The maximum absolute atomic E-state index is 13.5. The first-order valence-corrected chi connectivity index (χ1v) is 48.7. The van der Waals surface area contributed by atoms with Gasteiger partial charge in [0, 0.05) is 57.3 Å². The second-order valence-corrected chi connectivity index (χ2v) is 44.5. The Morgan fingerprint density at radius 2 is 0.547 bits per heavy atom. The molecule has 15 aliphatic rings. The van der Waals surface area contributed by atoms with Crippen LogP contribution >= 0.6 is 0 Å². The monoisotopic (exact) mass is 1960 g/mol. The highest BCUT2D eigenvalue weighted by molar-refractivity contribution is 5.96. The number of carboxylic acid groups (broad SMARTS) is 1. The van der Waals surface area contributed by atoms with Gasteiger partial charge in [0.2, 0.25) is 41.4 Å². The molecule has 770 valence electrons. The number of nitrogens with zero attached hydrogens (tertiary/aromatic N) is 7. The van der Waals surface area contributed by atoms with Crippen molar-refractivity contribution in [2.45, 2.75) is 401 Å². The Kier molecular flexibility index (Phi) is 33.6. The van der Waals surface area contributed by atoms with Crippen LogP contribution in [0.5, 0.6) is 0 Å². The van der Waals surface area contributed by atoms with Crippen molar-refractivity contribution in [3.05, 3.63) is 63.3 Å². The number of hydrogen-bond donors (Lipinski definition) is 9. The van der Waals surface area contributed by atoms with Crippen molar-refractivity contribution < 1.29 is 118 Å². The molecule has 0 aromatic heterocycles. The van der Waals surface area contributed by atoms with Crippen LogP contribution in [0.1, 0.15) is 276 Å². The molecule has 12 N–H and O–H groups in total. The standard InChI is InChI=1S/2C20H31N3O4.C20H29N3O3.C17H20F3N3O2.C14H23NO4.C8H9F3N2O2/c2*1-5-20(8-6-7-9-20)15(22-18(26)27-19(2,3)4)17(25)23-13-10-12(13)11-14(23)16(21)24;1-5-20(8-6-7-9-20)16(22-18(25)26-19(2,3)4)17(24)23-14(12-21)10-13-11-15(13)23;1-2-16(5-3-4-6-16)13(22-15(25)17(18,19)20)14(24)23-11(9-21)7-10-8-12(10)23;1-5-14(8-6-7-9-14)10(11(16)17)15-12(18)19-13(2,3)4;9-8(10,11)7(15)13-4-1-3(4)2-5(13)6(12)14/h2*5,12-15H,1,6-11H2,2-4H3,(H2,21,24)(H,22,26);5,13-16H,1,6-11H2,2-4H3,(H,22,25);2,10-13H,1,3-8H2,(H,22,25);5,10H,1,6-9H2,2-4H3,(H,15,18)(H,16,17);3-5H,1-2H2,(H2,12,14)/t12-,13-,14-,15?;12-,13-,14-,15+;13-,14+,15+,16-;10-,11+,12+,13-;;3-,4-,5-/m0011.0/s1. The first-order chi connectivity index (χ1) is 64.6. The number of primary amides is 3. The molecular weight excluding hydrogens is 1820 g/mol. The topological polar surface area (TPSA) is 498 Å². The van der Waals surface area contributed by atoms with Gasteiger partial charge >= 0.3 is 54.5 Å². The number of aliphatic carboxylic acids is 1. The first kappa shape index (κ1) is 110. The normalized spacial score (nSPS) is 29.0. The number of piperidine rings is 5. The molecule has 15 fully saturated rings. The van der Waals surface area contributed by atoms with E-state index in [1.165, 1.54) is 11.0 Å². The highest BCUT2D eigenvalue weighted by Crippen LogP contribution is 2.56. The van der Waals surface area contributed by atoms with Crippen molar-refractivity contribution in [3.8, 4) is 12.1 Å². The average Bonchev–Trinajstić information content (AvgIpc) is 1.58. The second-order valence-electron chi connectivity index (χ2n) is 44.5. The molecule has 0 aromatic carbocycles. The van der Waals surface area contributed by atoms with Gasteiger partial charge in [-0.05, 0) is 241 Å². The fraction of sp³-hybridized carbons (Fsp3) is 0.737. The predicted octanol–water partition coefficient (Wildman–Crippen LogP) is 12.4. The number of hydrogen-bond acceptors (Lipinski definition) is 20. The molecule has 40 heteroatoms. The molecule has 0 radical (unpaired) electrons. The van der Waals surface area contributed by atoms with Crippen LogP contribution in [0.25, 0.3) is 0 Å². The molecule has 5 saturated heterocycles. The van der Waals surface area contributed by atoms with Crippen molar-refractivity contribution >= 4 is 83.5 Å². The number of nitrogens with two attached hydrogens (primary N) is 3. The van der Waals surface area contributed by atoms with E-state index in [2.05, 4.69) is 66.3 Å². The van der Waals surface area contributed by atoms with E-state index in [1.807, 2.05) is 11.4 Å². The minimum Gasteiger partial charge on any atom is -0.480 e. The van der Waals surface area contributed by atoms with Gasteiger partial charge in [-0.2, -0.15) is 36.9 Å². The zero-order valence-electron chi connectivity index (χ0n) is 82.1. The molecule has 0 bridgehead atoms. The lowest BCUT2D eigenvalue weighted by Crippen LogP contribution is -2.59. The number of nitriles is 2. The van der Waals surface area contributed by atoms with Gasteiger partial charge in [0.25, 0.3) is 0 Å². The Morgan fingerprint density at radius 3 is 0.763 bits per heavy atom. The highest BCUT2D eigenvalue weighted by atomic mass is 19.4. The third kappa shape index (κ3) is 25.9. The third-order valence-electron chi connectivity index (χ3n) is 30.3. The van der Waals surface area contributed by atoms with Crippen LogP contribution in [0.15, 0.2) is 63.3 Å².